The highest BCUT2D eigenvalue weighted by Gasteiger charge is 2.11. The van der Waals surface area contributed by atoms with Crippen LogP contribution in [-0.2, 0) is 7.05 Å². The molecule has 0 aliphatic heterocycles. The van der Waals surface area contributed by atoms with Gasteiger partial charge in [0.2, 0.25) is 0 Å². The molecule has 0 bridgehead atoms. The lowest BCUT2D eigenvalue weighted by molar-refractivity contribution is 0.343. The van der Waals surface area contributed by atoms with Crippen LogP contribution in [0.15, 0.2) is 53.7 Å². The fourth-order valence-electron chi connectivity index (χ4n) is 2.38. The highest BCUT2D eigenvalue weighted by Crippen LogP contribution is 2.24. The molecule has 0 spiro atoms. The molecular formula is C19H18N4O2S. The zero-order valence-electron chi connectivity index (χ0n) is 14.5. The van der Waals surface area contributed by atoms with Crippen molar-refractivity contribution in [3.63, 3.8) is 0 Å². The molecule has 1 heterocycles. The molecule has 0 radical (unpaired) electrons. The molecule has 0 fully saturated rings. The number of ether oxygens (including phenoxy) is 2. The van der Waals surface area contributed by atoms with Crippen LogP contribution < -0.4 is 9.47 Å². The number of nitrogens with zero attached hydrogens (tertiary/aromatic N) is 4. The van der Waals surface area contributed by atoms with Gasteiger partial charge in [-0.3, -0.25) is 0 Å². The number of rotatable bonds is 7. The van der Waals surface area contributed by atoms with Crippen LogP contribution in [-0.4, -0.2) is 34.2 Å². The van der Waals surface area contributed by atoms with Crippen molar-refractivity contribution in [3.8, 4) is 29.0 Å². The molecular weight excluding hydrogens is 348 g/mol. The molecule has 0 saturated heterocycles. The lowest BCUT2D eigenvalue weighted by atomic mass is 10.2. The zero-order chi connectivity index (χ0) is 18.4. The molecule has 3 rings (SSSR count). The van der Waals surface area contributed by atoms with Gasteiger partial charge in [-0.2, -0.15) is 5.26 Å². The molecule has 6 nitrogen and oxygen atoms in total. The Labute approximate surface area is 156 Å². The largest absolute Gasteiger partial charge is 0.497 e. The predicted molar refractivity (Wildman–Crippen MR) is 100 cm³/mol. The van der Waals surface area contributed by atoms with E-state index in [0.29, 0.717) is 17.9 Å². The lowest BCUT2D eigenvalue weighted by Gasteiger charge is -2.07. The van der Waals surface area contributed by atoms with Gasteiger partial charge in [-0.05, 0) is 42.5 Å². The summed E-state index contributed by atoms with van der Waals surface area (Å²) in [7, 11) is 3.59. The maximum Gasteiger partial charge on any atom is 0.191 e. The van der Waals surface area contributed by atoms with Crippen molar-refractivity contribution in [2.45, 2.75) is 5.16 Å². The Kier molecular flexibility index (Phi) is 5.77. The molecule has 132 valence electrons. The summed E-state index contributed by atoms with van der Waals surface area (Å²) in [5, 5.41) is 18.3. The maximum atomic E-state index is 8.90. The number of thioether (sulfide) groups is 1. The van der Waals surface area contributed by atoms with Crippen molar-refractivity contribution in [2.75, 3.05) is 19.5 Å². The van der Waals surface area contributed by atoms with Crippen LogP contribution in [0.3, 0.4) is 0 Å². The smallest absolute Gasteiger partial charge is 0.191 e. The number of hydrogen-bond acceptors (Lipinski definition) is 6. The summed E-state index contributed by atoms with van der Waals surface area (Å²) in [5.74, 6) is 3.04. The highest BCUT2D eigenvalue weighted by molar-refractivity contribution is 7.99. The Morgan fingerprint density at radius 1 is 1.12 bits per heavy atom. The van der Waals surface area contributed by atoms with Crippen molar-refractivity contribution in [3.05, 3.63) is 54.1 Å². The Morgan fingerprint density at radius 3 is 2.65 bits per heavy atom. The fraction of sp³-hybridized carbons (Fsp3) is 0.211. The van der Waals surface area contributed by atoms with Crippen LogP contribution in [0.1, 0.15) is 5.56 Å². The van der Waals surface area contributed by atoms with E-state index in [1.165, 1.54) is 0 Å². The second kappa shape index (κ2) is 8.41. The number of aromatic nitrogens is 3. The normalized spacial score (nSPS) is 10.3. The summed E-state index contributed by atoms with van der Waals surface area (Å²) in [4.78, 5) is 0. The first-order chi connectivity index (χ1) is 12.7. The van der Waals surface area contributed by atoms with Gasteiger partial charge in [0.05, 0.1) is 25.3 Å². The van der Waals surface area contributed by atoms with Gasteiger partial charge in [-0.1, -0.05) is 17.8 Å². The first-order valence-corrected chi connectivity index (χ1v) is 8.99. The molecule has 0 N–H and O–H groups in total. The van der Waals surface area contributed by atoms with Gasteiger partial charge in [-0.25, -0.2) is 0 Å². The average Bonchev–Trinajstić information content (AvgIpc) is 3.06. The van der Waals surface area contributed by atoms with E-state index in [0.717, 1.165) is 28.0 Å². The van der Waals surface area contributed by atoms with Gasteiger partial charge >= 0.3 is 0 Å². The number of benzene rings is 2. The second-order valence-electron chi connectivity index (χ2n) is 5.43. The molecule has 1 aromatic heterocycles. The van der Waals surface area contributed by atoms with E-state index in [1.54, 1.807) is 31.0 Å². The molecule has 0 saturated carbocycles. The van der Waals surface area contributed by atoms with Gasteiger partial charge in [0.25, 0.3) is 0 Å². The monoisotopic (exact) mass is 366 g/mol. The summed E-state index contributed by atoms with van der Waals surface area (Å²) in [6.45, 7) is 0.518. The minimum absolute atomic E-state index is 0.518. The fourth-order valence-corrected chi connectivity index (χ4v) is 3.11. The topological polar surface area (TPSA) is 73.0 Å². The van der Waals surface area contributed by atoms with Crippen molar-refractivity contribution in [2.24, 2.45) is 7.05 Å². The van der Waals surface area contributed by atoms with Crippen LogP contribution in [0.4, 0.5) is 0 Å². The molecule has 2 aromatic carbocycles. The van der Waals surface area contributed by atoms with E-state index < -0.39 is 0 Å². The number of hydrogen-bond donors (Lipinski definition) is 0. The van der Waals surface area contributed by atoms with Crippen molar-refractivity contribution in [1.29, 1.82) is 5.26 Å². The van der Waals surface area contributed by atoms with Crippen LogP contribution in [0.25, 0.3) is 11.4 Å². The minimum Gasteiger partial charge on any atom is -0.497 e. The van der Waals surface area contributed by atoms with Crippen LogP contribution in [0, 0.1) is 11.3 Å². The van der Waals surface area contributed by atoms with Crippen molar-refractivity contribution in [1.82, 2.24) is 14.8 Å². The summed E-state index contributed by atoms with van der Waals surface area (Å²) < 4.78 is 12.8. The van der Waals surface area contributed by atoms with Crippen molar-refractivity contribution < 1.29 is 9.47 Å². The molecule has 0 aliphatic rings. The molecule has 0 atom stereocenters. The van der Waals surface area contributed by atoms with E-state index in [1.807, 2.05) is 48.0 Å². The molecule has 7 heteroatoms. The van der Waals surface area contributed by atoms with Crippen LogP contribution in [0.2, 0.25) is 0 Å². The standard InChI is InChI=1S/C19H18N4O2S/c1-23-18(15-6-8-16(24-2)9-7-15)21-22-19(23)26-11-10-25-17-5-3-4-14(12-17)13-20/h3-9,12H,10-11H2,1-2H3. The zero-order valence-corrected chi connectivity index (χ0v) is 15.4. The Bertz CT molecular complexity index is 916. The lowest BCUT2D eigenvalue weighted by Crippen LogP contribution is -2.02. The molecule has 0 aliphatic carbocycles. The predicted octanol–water partition coefficient (Wildman–Crippen LogP) is 3.53. The number of methoxy groups -OCH3 is 1. The first kappa shape index (κ1) is 17.8. The van der Waals surface area contributed by atoms with E-state index in [-0.39, 0.29) is 0 Å². The minimum atomic E-state index is 0.518. The third-order valence-electron chi connectivity index (χ3n) is 3.73. The SMILES string of the molecule is COc1ccc(-c2nnc(SCCOc3cccc(C#N)c3)n2C)cc1. The van der Waals surface area contributed by atoms with Gasteiger partial charge in [0.1, 0.15) is 11.5 Å². The van der Waals surface area contributed by atoms with Gasteiger partial charge in [0.15, 0.2) is 11.0 Å². The third-order valence-corrected chi connectivity index (χ3v) is 4.71. The second-order valence-corrected chi connectivity index (χ2v) is 6.49. The average molecular weight is 366 g/mol. The molecule has 0 unspecified atom stereocenters. The highest BCUT2D eigenvalue weighted by atomic mass is 32.2. The summed E-state index contributed by atoms with van der Waals surface area (Å²) >= 11 is 1.57. The maximum absolute atomic E-state index is 8.90. The van der Waals surface area contributed by atoms with E-state index in [9.17, 15) is 0 Å². The number of nitriles is 1. The quantitative estimate of drug-likeness (QED) is 0.470. The van der Waals surface area contributed by atoms with Crippen LogP contribution in [0.5, 0.6) is 11.5 Å². The summed E-state index contributed by atoms with van der Waals surface area (Å²) in [6.07, 6.45) is 0. The van der Waals surface area contributed by atoms with E-state index in [4.69, 9.17) is 14.7 Å². The Balaban J connectivity index is 1.57. The first-order valence-electron chi connectivity index (χ1n) is 8.01. The van der Waals surface area contributed by atoms with Gasteiger partial charge in [-0.15, -0.1) is 10.2 Å². The van der Waals surface area contributed by atoms with Gasteiger partial charge < -0.3 is 14.0 Å². The summed E-state index contributed by atoms with van der Waals surface area (Å²) in [5.41, 5.74) is 1.57. The van der Waals surface area contributed by atoms with Crippen LogP contribution >= 0.6 is 11.8 Å². The molecule has 26 heavy (non-hydrogen) atoms. The Hall–Kier alpha value is -2.98. The Morgan fingerprint density at radius 2 is 1.92 bits per heavy atom. The molecule has 0 amide bonds. The summed E-state index contributed by atoms with van der Waals surface area (Å²) in [6, 6.07) is 17.0. The van der Waals surface area contributed by atoms with Gasteiger partial charge in [0, 0.05) is 18.4 Å². The molecule has 3 aromatic rings. The van der Waals surface area contributed by atoms with E-state index >= 15 is 0 Å². The van der Waals surface area contributed by atoms with Crippen molar-refractivity contribution >= 4 is 11.8 Å². The third kappa shape index (κ3) is 4.16. The van der Waals surface area contributed by atoms with E-state index in [2.05, 4.69) is 16.3 Å².